The lowest BCUT2D eigenvalue weighted by atomic mass is 9.80. The third kappa shape index (κ3) is 2.75. The number of amides is 1. The Bertz CT molecular complexity index is 810. The Kier molecular flexibility index (Phi) is 3.74. The minimum atomic E-state index is -1.32. The Morgan fingerprint density at radius 2 is 2.00 bits per heavy atom. The number of aldehydes is 1. The van der Waals surface area contributed by atoms with E-state index in [9.17, 15) is 9.59 Å². The maximum Gasteiger partial charge on any atom is 0.405 e. The summed E-state index contributed by atoms with van der Waals surface area (Å²) in [7, 11) is 0. The van der Waals surface area contributed by atoms with Crippen molar-refractivity contribution in [2.24, 2.45) is 0 Å². The lowest BCUT2D eigenvalue weighted by molar-refractivity contribution is -0.112. The molecule has 1 amide bonds. The molecule has 4 nitrogen and oxygen atoms in total. The number of aryl methyl sites for hydroxylation is 1. The number of carbonyl (C=O) groups is 2. The van der Waals surface area contributed by atoms with Gasteiger partial charge in [0.15, 0.2) is 6.29 Å². The van der Waals surface area contributed by atoms with Crippen LogP contribution in [-0.2, 0) is 16.8 Å². The van der Waals surface area contributed by atoms with E-state index in [1.165, 1.54) is 0 Å². The van der Waals surface area contributed by atoms with E-state index in [1.54, 1.807) is 6.08 Å². The zero-order valence-electron chi connectivity index (χ0n) is 12.7. The predicted molar refractivity (Wildman–Crippen MR) is 88.4 cm³/mol. The average Bonchev–Trinajstić information content (AvgIpc) is 2.54. The predicted octanol–water partition coefficient (Wildman–Crippen LogP) is 3.44. The number of hydrogen-bond donors (Lipinski definition) is 2. The fourth-order valence-electron chi connectivity index (χ4n) is 3.02. The van der Waals surface area contributed by atoms with Crippen LogP contribution >= 0.6 is 0 Å². The van der Waals surface area contributed by atoms with Gasteiger partial charge in [0.25, 0.3) is 0 Å². The molecule has 0 fully saturated rings. The highest BCUT2D eigenvalue weighted by Gasteiger charge is 2.35. The van der Waals surface area contributed by atoms with Gasteiger partial charge in [-0.05, 0) is 41.7 Å². The third-order valence-corrected chi connectivity index (χ3v) is 4.13. The molecule has 0 bridgehead atoms. The number of carboxylic acid groups (broad SMARTS) is 1. The number of hydrogen-bond acceptors (Lipinski definition) is 2. The number of rotatable bonds is 3. The second kappa shape index (κ2) is 5.72. The Labute approximate surface area is 134 Å². The third-order valence-electron chi connectivity index (χ3n) is 4.13. The minimum Gasteiger partial charge on any atom is -0.465 e. The number of nitrogens with one attached hydrogen (secondary N) is 1. The van der Waals surface area contributed by atoms with Gasteiger partial charge in [-0.25, -0.2) is 4.79 Å². The fraction of sp³-hybridized carbons (Fsp3) is 0.158. The Morgan fingerprint density at radius 3 is 2.70 bits per heavy atom. The molecule has 0 unspecified atom stereocenters. The number of allylic oxidation sites excluding steroid dienone is 1. The monoisotopic (exact) mass is 307 g/mol. The molecule has 0 spiro atoms. The van der Waals surface area contributed by atoms with E-state index < -0.39 is 11.6 Å². The molecule has 0 saturated heterocycles. The summed E-state index contributed by atoms with van der Waals surface area (Å²) in [5.41, 5.74) is 3.46. The van der Waals surface area contributed by atoms with Gasteiger partial charge < -0.3 is 10.4 Å². The van der Waals surface area contributed by atoms with E-state index in [-0.39, 0.29) is 0 Å². The Morgan fingerprint density at radius 1 is 1.22 bits per heavy atom. The standard InChI is InChI=1S/C19H17NO3/c1-13-4-2-5-15(10-13)16-8-7-14-6-3-9-19(12-21,17(14)11-16)20-18(22)23/h2-5,7-12,20H,6H2,1H3,(H,22,23)/t19-/m1/s1. The van der Waals surface area contributed by atoms with Crippen LogP contribution in [0.15, 0.2) is 54.6 Å². The first kappa shape index (κ1) is 15.0. The van der Waals surface area contributed by atoms with Crippen LogP contribution in [0.5, 0.6) is 0 Å². The van der Waals surface area contributed by atoms with Crippen LogP contribution in [0, 0.1) is 6.92 Å². The SMILES string of the molecule is Cc1cccc(-c2ccc3c(c2)[C@@](C=O)(NC(=O)O)C=CC3)c1. The van der Waals surface area contributed by atoms with Gasteiger partial charge in [0.1, 0.15) is 5.54 Å². The summed E-state index contributed by atoms with van der Waals surface area (Å²) in [5.74, 6) is 0. The topological polar surface area (TPSA) is 66.4 Å². The van der Waals surface area contributed by atoms with Crippen molar-refractivity contribution in [1.29, 1.82) is 0 Å². The Balaban J connectivity index is 2.14. The van der Waals surface area contributed by atoms with Gasteiger partial charge in [-0.2, -0.15) is 0 Å². The van der Waals surface area contributed by atoms with Crippen LogP contribution in [0.3, 0.4) is 0 Å². The first-order valence-electron chi connectivity index (χ1n) is 7.40. The molecule has 1 atom stereocenters. The summed E-state index contributed by atoms with van der Waals surface area (Å²) < 4.78 is 0. The molecule has 0 aromatic heterocycles. The smallest absolute Gasteiger partial charge is 0.405 e. The van der Waals surface area contributed by atoms with Gasteiger partial charge in [-0.1, -0.05) is 54.1 Å². The lowest BCUT2D eigenvalue weighted by Crippen LogP contribution is -2.46. The maximum atomic E-state index is 11.7. The second-order valence-electron chi connectivity index (χ2n) is 5.76. The van der Waals surface area contributed by atoms with Crippen molar-refractivity contribution in [1.82, 2.24) is 5.32 Å². The van der Waals surface area contributed by atoms with Crippen LogP contribution in [0.2, 0.25) is 0 Å². The zero-order chi connectivity index (χ0) is 16.4. The summed E-state index contributed by atoms with van der Waals surface area (Å²) in [6.45, 7) is 2.02. The molecule has 0 aliphatic heterocycles. The van der Waals surface area contributed by atoms with Crippen molar-refractivity contribution in [2.45, 2.75) is 18.9 Å². The largest absolute Gasteiger partial charge is 0.465 e. The van der Waals surface area contributed by atoms with Crippen LogP contribution in [0.4, 0.5) is 4.79 Å². The Hall–Kier alpha value is -2.88. The number of carbonyl (C=O) groups excluding carboxylic acids is 1. The molecule has 0 radical (unpaired) electrons. The molecule has 1 aliphatic carbocycles. The first-order valence-corrected chi connectivity index (χ1v) is 7.40. The molecule has 0 saturated carbocycles. The van der Waals surface area contributed by atoms with Crippen LogP contribution in [0.25, 0.3) is 11.1 Å². The van der Waals surface area contributed by atoms with Crippen molar-refractivity contribution in [2.75, 3.05) is 0 Å². The molecule has 116 valence electrons. The zero-order valence-corrected chi connectivity index (χ0v) is 12.7. The summed E-state index contributed by atoms with van der Waals surface area (Å²) in [6.07, 6.45) is 3.54. The van der Waals surface area contributed by atoms with Gasteiger partial charge in [0, 0.05) is 0 Å². The van der Waals surface area contributed by atoms with Crippen molar-refractivity contribution >= 4 is 12.4 Å². The summed E-state index contributed by atoms with van der Waals surface area (Å²) in [4.78, 5) is 22.8. The second-order valence-corrected chi connectivity index (χ2v) is 5.76. The fourth-order valence-corrected chi connectivity index (χ4v) is 3.02. The van der Waals surface area contributed by atoms with Gasteiger partial charge >= 0.3 is 6.09 Å². The van der Waals surface area contributed by atoms with E-state index in [0.29, 0.717) is 18.3 Å². The van der Waals surface area contributed by atoms with E-state index in [2.05, 4.69) is 11.4 Å². The van der Waals surface area contributed by atoms with Crippen LogP contribution < -0.4 is 5.32 Å². The lowest BCUT2D eigenvalue weighted by Gasteiger charge is -2.30. The summed E-state index contributed by atoms with van der Waals surface area (Å²) >= 11 is 0. The van der Waals surface area contributed by atoms with E-state index in [4.69, 9.17) is 5.11 Å². The first-order chi connectivity index (χ1) is 11.0. The van der Waals surface area contributed by atoms with Crippen molar-refractivity contribution < 1.29 is 14.7 Å². The summed E-state index contributed by atoms with van der Waals surface area (Å²) in [5, 5.41) is 11.5. The molecule has 2 aromatic carbocycles. The van der Waals surface area contributed by atoms with Crippen molar-refractivity contribution in [3.63, 3.8) is 0 Å². The van der Waals surface area contributed by atoms with E-state index in [1.807, 2.05) is 49.4 Å². The van der Waals surface area contributed by atoms with Gasteiger partial charge in [-0.3, -0.25) is 4.79 Å². The highest BCUT2D eigenvalue weighted by molar-refractivity contribution is 5.82. The average molecular weight is 307 g/mol. The van der Waals surface area contributed by atoms with Crippen LogP contribution in [0.1, 0.15) is 16.7 Å². The van der Waals surface area contributed by atoms with Gasteiger partial charge in [0.05, 0.1) is 0 Å². The highest BCUT2D eigenvalue weighted by atomic mass is 16.4. The molecule has 4 heteroatoms. The quantitative estimate of drug-likeness (QED) is 0.674. The van der Waals surface area contributed by atoms with E-state index in [0.717, 1.165) is 22.3 Å². The minimum absolute atomic E-state index is 0.648. The number of fused-ring (bicyclic) bond motifs is 1. The highest BCUT2D eigenvalue weighted by Crippen LogP contribution is 2.33. The van der Waals surface area contributed by atoms with Gasteiger partial charge in [0.2, 0.25) is 0 Å². The molecule has 3 rings (SSSR count). The molecule has 0 heterocycles. The van der Waals surface area contributed by atoms with Crippen molar-refractivity contribution in [3.8, 4) is 11.1 Å². The molecule has 1 aliphatic rings. The summed E-state index contributed by atoms with van der Waals surface area (Å²) in [6, 6.07) is 13.9. The molecular formula is C19H17NO3. The molecule has 2 N–H and O–H groups in total. The van der Waals surface area contributed by atoms with Crippen molar-refractivity contribution in [3.05, 3.63) is 71.3 Å². The molecular weight excluding hydrogens is 290 g/mol. The van der Waals surface area contributed by atoms with Gasteiger partial charge in [-0.15, -0.1) is 0 Å². The normalized spacial score (nSPS) is 19.0. The number of benzene rings is 2. The van der Waals surface area contributed by atoms with E-state index >= 15 is 0 Å². The molecule has 2 aromatic rings. The maximum absolute atomic E-state index is 11.7. The molecule has 23 heavy (non-hydrogen) atoms. The van der Waals surface area contributed by atoms with Crippen LogP contribution in [-0.4, -0.2) is 17.5 Å².